The van der Waals surface area contributed by atoms with E-state index >= 15 is 0 Å². The second-order valence-electron chi connectivity index (χ2n) is 16.0. The van der Waals surface area contributed by atoms with Crippen molar-refractivity contribution in [2.45, 2.75) is 0 Å². The first kappa shape index (κ1) is 35.0. The molecule has 12 aromatic rings. The highest BCUT2D eigenvalue weighted by molar-refractivity contribution is 6.21. The molecule has 1 aromatic heterocycles. The predicted octanol–water partition coefficient (Wildman–Crippen LogP) is 16.6. The van der Waals surface area contributed by atoms with Crippen molar-refractivity contribution in [3.8, 4) is 39.1 Å². The maximum atomic E-state index is 2.39. The molecule has 1 nitrogen and oxygen atoms in total. The van der Waals surface area contributed by atoms with Crippen LogP contribution in [-0.2, 0) is 0 Å². The van der Waals surface area contributed by atoms with E-state index in [9.17, 15) is 0 Å². The molecular formula is C60H39N. The van der Waals surface area contributed by atoms with Crippen LogP contribution in [0.3, 0.4) is 0 Å². The molecule has 0 saturated carbocycles. The Hall–Kier alpha value is -8.00. The summed E-state index contributed by atoms with van der Waals surface area (Å²) in [5.41, 5.74) is 13.5. The van der Waals surface area contributed by atoms with Crippen molar-refractivity contribution >= 4 is 77.0 Å². The van der Waals surface area contributed by atoms with Crippen LogP contribution in [0.15, 0.2) is 224 Å². The zero-order valence-electron chi connectivity index (χ0n) is 33.5. The Morgan fingerprint density at radius 2 is 0.721 bits per heavy atom. The molecule has 0 N–H and O–H groups in total. The molecule has 0 fully saturated rings. The van der Waals surface area contributed by atoms with Gasteiger partial charge in [-0.15, -0.1) is 0 Å². The van der Waals surface area contributed by atoms with E-state index in [1.54, 1.807) is 0 Å². The van der Waals surface area contributed by atoms with Crippen molar-refractivity contribution in [1.29, 1.82) is 0 Å². The molecule has 0 amide bonds. The third-order valence-electron chi connectivity index (χ3n) is 12.6. The molecule has 1 heterocycles. The topological polar surface area (TPSA) is 4.93 Å². The fourth-order valence-electron chi connectivity index (χ4n) is 9.84. The summed E-state index contributed by atoms with van der Waals surface area (Å²) in [5.74, 6) is 0. The molecule has 0 radical (unpaired) electrons. The maximum Gasteiger partial charge on any atom is 0.0541 e. The van der Waals surface area contributed by atoms with E-state index in [0.717, 1.165) is 5.69 Å². The zero-order chi connectivity index (χ0) is 40.3. The summed E-state index contributed by atoms with van der Waals surface area (Å²) in [6, 6.07) is 82.1. The van der Waals surface area contributed by atoms with Crippen LogP contribution in [-0.4, -0.2) is 4.57 Å². The summed E-state index contributed by atoms with van der Waals surface area (Å²) in [6.45, 7) is 0. The van der Waals surface area contributed by atoms with E-state index in [2.05, 4.69) is 241 Å². The smallest absolute Gasteiger partial charge is 0.0541 e. The molecule has 61 heavy (non-hydrogen) atoms. The highest BCUT2D eigenvalue weighted by Crippen LogP contribution is 2.44. The van der Waals surface area contributed by atoms with Crippen molar-refractivity contribution in [3.63, 3.8) is 0 Å². The predicted molar refractivity (Wildman–Crippen MR) is 262 cm³/mol. The van der Waals surface area contributed by atoms with Gasteiger partial charge >= 0.3 is 0 Å². The molecule has 1 heteroatoms. The lowest BCUT2D eigenvalue weighted by Gasteiger charge is -2.18. The van der Waals surface area contributed by atoms with Gasteiger partial charge in [-0.25, -0.2) is 0 Å². The van der Waals surface area contributed by atoms with Crippen LogP contribution in [0.25, 0.3) is 116 Å². The highest BCUT2D eigenvalue weighted by Gasteiger charge is 2.18. The second-order valence-corrected chi connectivity index (χ2v) is 16.0. The molecule has 0 spiro atoms. The van der Waals surface area contributed by atoms with Crippen molar-refractivity contribution < 1.29 is 0 Å². The fourth-order valence-corrected chi connectivity index (χ4v) is 9.84. The number of hydrogen-bond acceptors (Lipinski definition) is 0. The summed E-state index contributed by atoms with van der Waals surface area (Å²) in [4.78, 5) is 0. The van der Waals surface area contributed by atoms with Crippen LogP contribution in [0, 0.1) is 0 Å². The van der Waals surface area contributed by atoms with Gasteiger partial charge < -0.3 is 4.57 Å². The number of para-hydroxylation sites is 2. The molecule has 0 aliphatic rings. The van der Waals surface area contributed by atoms with Gasteiger partial charge in [0.05, 0.1) is 11.0 Å². The lowest BCUT2D eigenvalue weighted by Crippen LogP contribution is -1.94. The van der Waals surface area contributed by atoms with Crippen LogP contribution in [0.2, 0.25) is 0 Å². The first-order valence-electron chi connectivity index (χ1n) is 21.1. The van der Waals surface area contributed by atoms with Crippen LogP contribution in [0.5, 0.6) is 0 Å². The minimum atomic E-state index is 1.16. The Morgan fingerprint density at radius 1 is 0.279 bits per heavy atom. The van der Waals surface area contributed by atoms with Gasteiger partial charge in [0.15, 0.2) is 0 Å². The number of aromatic nitrogens is 1. The summed E-state index contributed by atoms with van der Waals surface area (Å²) >= 11 is 0. The van der Waals surface area contributed by atoms with Gasteiger partial charge in [0, 0.05) is 16.5 Å². The van der Waals surface area contributed by atoms with Gasteiger partial charge in [-0.2, -0.15) is 0 Å². The van der Waals surface area contributed by atoms with E-state index in [-0.39, 0.29) is 0 Å². The quantitative estimate of drug-likeness (QED) is 0.117. The number of nitrogens with zero attached hydrogens (tertiary/aromatic N) is 1. The minimum absolute atomic E-state index is 1.16. The minimum Gasteiger partial charge on any atom is -0.309 e. The highest BCUT2D eigenvalue weighted by atomic mass is 15.0. The second kappa shape index (κ2) is 14.4. The first-order valence-corrected chi connectivity index (χ1v) is 21.1. The fraction of sp³-hybridized carbons (Fsp3) is 0. The Labute approximate surface area is 354 Å². The molecule has 11 aromatic carbocycles. The van der Waals surface area contributed by atoms with E-state index in [1.165, 1.54) is 109 Å². The van der Waals surface area contributed by atoms with Gasteiger partial charge in [0.25, 0.3) is 0 Å². The van der Waals surface area contributed by atoms with Gasteiger partial charge in [-0.05, 0) is 112 Å². The van der Waals surface area contributed by atoms with Crippen LogP contribution in [0.1, 0.15) is 11.1 Å². The number of benzene rings is 11. The molecule has 0 unspecified atom stereocenters. The third-order valence-corrected chi connectivity index (χ3v) is 12.6. The first-order chi connectivity index (χ1) is 30.3. The molecule has 0 aliphatic heterocycles. The average Bonchev–Trinajstić information content (AvgIpc) is 3.67. The van der Waals surface area contributed by atoms with Crippen LogP contribution in [0.4, 0.5) is 0 Å². The lowest BCUT2D eigenvalue weighted by molar-refractivity contribution is 1.18. The van der Waals surface area contributed by atoms with Crippen LogP contribution < -0.4 is 0 Å². The molecule has 284 valence electrons. The largest absolute Gasteiger partial charge is 0.309 e. The van der Waals surface area contributed by atoms with Crippen molar-refractivity contribution in [3.05, 3.63) is 236 Å². The molecule has 0 aliphatic carbocycles. The van der Waals surface area contributed by atoms with E-state index in [1.807, 2.05) is 0 Å². The molecular weight excluding hydrogens is 735 g/mol. The van der Waals surface area contributed by atoms with E-state index < -0.39 is 0 Å². The summed E-state index contributed by atoms with van der Waals surface area (Å²) < 4.78 is 2.39. The Kier molecular flexibility index (Phi) is 8.25. The average molecular weight is 774 g/mol. The number of fused-ring (bicyclic) bond motifs is 7. The number of rotatable bonds is 6. The number of hydrogen-bond donors (Lipinski definition) is 0. The van der Waals surface area contributed by atoms with Crippen LogP contribution >= 0.6 is 0 Å². The molecule has 0 atom stereocenters. The summed E-state index contributed by atoms with van der Waals surface area (Å²) in [6.07, 6.45) is 4.50. The maximum absolute atomic E-state index is 2.39. The molecule has 0 saturated heterocycles. The van der Waals surface area contributed by atoms with Crippen molar-refractivity contribution in [2.75, 3.05) is 0 Å². The van der Waals surface area contributed by atoms with Gasteiger partial charge in [0.2, 0.25) is 0 Å². The Balaban J connectivity index is 0.913. The lowest BCUT2D eigenvalue weighted by atomic mass is 9.86. The van der Waals surface area contributed by atoms with Gasteiger partial charge in [-0.1, -0.05) is 212 Å². The zero-order valence-corrected chi connectivity index (χ0v) is 33.5. The van der Waals surface area contributed by atoms with E-state index in [0.29, 0.717) is 0 Å². The normalized spacial score (nSPS) is 11.9. The van der Waals surface area contributed by atoms with Crippen molar-refractivity contribution in [1.82, 2.24) is 4.57 Å². The monoisotopic (exact) mass is 773 g/mol. The standard InChI is InChI=1S/C60H39N/c1-2-16-46-41(14-1)15-13-25-49(46)50-39-36-42(47-17-3-4-18-48(47)50)31-28-40-29-32-43(33-30-40)59-53-21-5-7-23-55(53)60(56-24-8-6-22-54(56)59)44-34-37-45(38-35-44)61-57-26-11-9-19-51(57)52-20-10-12-27-58(52)61/h1-39H. The van der Waals surface area contributed by atoms with Gasteiger partial charge in [-0.3, -0.25) is 0 Å². The van der Waals surface area contributed by atoms with Crippen molar-refractivity contribution in [2.24, 2.45) is 0 Å². The van der Waals surface area contributed by atoms with Gasteiger partial charge in [0.1, 0.15) is 0 Å². The summed E-state index contributed by atoms with van der Waals surface area (Å²) in [7, 11) is 0. The molecule has 12 rings (SSSR count). The SMILES string of the molecule is C(=Cc1ccc(-c2cccc3ccccc23)c2ccccc12)c1ccc(-c2c3ccccc3c(-c3ccc(-n4c5ccccc5c5ccccc54)cc3)c3ccccc23)cc1. The Morgan fingerprint density at radius 3 is 1.31 bits per heavy atom. The van der Waals surface area contributed by atoms with E-state index in [4.69, 9.17) is 0 Å². The Bertz CT molecular complexity index is 3560. The third kappa shape index (κ3) is 5.78. The molecule has 0 bridgehead atoms. The summed E-state index contributed by atoms with van der Waals surface area (Å²) in [5, 5.41) is 12.6.